The molecule has 1 aliphatic rings. The zero-order valence-electron chi connectivity index (χ0n) is 13.5. The second-order valence-electron chi connectivity index (χ2n) is 6.37. The van der Waals surface area contributed by atoms with Gasteiger partial charge in [-0.2, -0.15) is 0 Å². The fourth-order valence-electron chi connectivity index (χ4n) is 2.69. The molecule has 0 bridgehead atoms. The molecule has 21 heavy (non-hydrogen) atoms. The first-order valence-electron chi connectivity index (χ1n) is 7.78. The van der Waals surface area contributed by atoms with Gasteiger partial charge in [0.25, 0.3) is 0 Å². The Morgan fingerprint density at radius 3 is 2.29 bits per heavy atom. The van der Waals surface area contributed by atoms with Crippen LogP contribution in [0.2, 0.25) is 0 Å². The smallest absolute Gasteiger partial charge is 0.317 e. The Balaban J connectivity index is 2.46. The van der Waals surface area contributed by atoms with E-state index < -0.39 is 5.97 Å². The first-order chi connectivity index (χ1) is 9.88. The van der Waals surface area contributed by atoms with Crippen LogP contribution in [0.5, 0.6) is 0 Å². The van der Waals surface area contributed by atoms with E-state index in [-0.39, 0.29) is 17.9 Å². The van der Waals surface area contributed by atoms with Crippen LogP contribution in [0.4, 0.5) is 4.79 Å². The van der Waals surface area contributed by atoms with Crippen molar-refractivity contribution in [1.29, 1.82) is 0 Å². The lowest BCUT2D eigenvalue weighted by Gasteiger charge is -2.41. The van der Waals surface area contributed by atoms with E-state index >= 15 is 0 Å². The summed E-state index contributed by atoms with van der Waals surface area (Å²) in [5, 5.41) is 11.9. The number of carboxylic acid groups (broad SMARTS) is 1. The Labute approximate surface area is 127 Å². The van der Waals surface area contributed by atoms with Crippen LogP contribution < -0.4 is 5.32 Å². The predicted molar refractivity (Wildman–Crippen MR) is 82.4 cm³/mol. The molecule has 6 heteroatoms. The standard InChI is InChI=1S/C15H29N3O3/c1-4-8-18(10-9-17(2)3)14(21)16-12-15(6-5-7-15)11-13(19)20/h4-12H2,1-3H3,(H,16,21)(H,19,20). The number of hydrogen-bond donors (Lipinski definition) is 2. The zero-order valence-corrected chi connectivity index (χ0v) is 13.5. The summed E-state index contributed by atoms with van der Waals surface area (Å²) < 4.78 is 0. The molecule has 1 rings (SSSR count). The minimum Gasteiger partial charge on any atom is -0.481 e. The molecule has 0 atom stereocenters. The number of nitrogens with zero attached hydrogens (tertiary/aromatic N) is 2. The molecule has 1 saturated carbocycles. The molecule has 2 amide bonds. The van der Waals surface area contributed by atoms with E-state index in [0.29, 0.717) is 13.1 Å². The largest absolute Gasteiger partial charge is 0.481 e. The highest BCUT2D eigenvalue weighted by Gasteiger charge is 2.39. The van der Waals surface area contributed by atoms with E-state index in [1.54, 1.807) is 0 Å². The number of urea groups is 1. The average molecular weight is 299 g/mol. The van der Waals surface area contributed by atoms with Gasteiger partial charge in [-0.3, -0.25) is 4.79 Å². The average Bonchev–Trinajstić information content (AvgIpc) is 2.36. The third-order valence-corrected chi connectivity index (χ3v) is 4.15. The number of carboxylic acids is 1. The first-order valence-corrected chi connectivity index (χ1v) is 7.78. The quantitative estimate of drug-likeness (QED) is 0.678. The Kier molecular flexibility index (Phi) is 6.95. The maximum Gasteiger partial charge on any atom is 0.317 e. The summed E-state index contributed by atoms with van der Waals surface area (Å²) >= 11 is 0. The Hall–Kier alpha value is -1.30. The topological polar surface area (TPSA) is 72.9 Å². The minimum atomic E-state index is -0.776. The van der Waals surface area contributed by atoms with E-state index in [0.717, 1.165) is 38.8 Å². The van der Waals surface area contributed by atoms with Crippen molar-refractivity contribution < 1.29 is 14.7 Å². The predicted octanol–water partition coefficient (Wildman–Crippen LogP) is 1.61. The van der Waals surface area contributed by atoms with Crippen molar-refractivity contribution in [2.45, 2.75) is 39.0 Å². The van der Waals surface area contributed by atoms with Gasteiger partial charge in [0, 0.05) is 26.2 Å². The fraction of sp³-hybridized carbons (Fsp3) is 0.867. The molecular formula is C15H29N3O3. The SMILES string of the molecule is CCCN(CCN(C)C)C(=O)NCC1(CC(=O)O)CCC1. The number of hydrogen-bond acceptors (Lipinski definition) is 3. The summed E-state index contributed by atoms with van der Waals surface area (Å²) in [5.74, 6) is -0.776. The molecule has 0 saturated heterocycles. The lowest BCUT2D eigenvalue weighted by atomic mass is 9.66. The van der Waals surface area contributed by atoms with Gasteiger partial charge in [0.1, 0.15) is 0 Å². The monoisotopic (exact) mass is 299 g/mol. The van der Waals surface area contributed by atoms with Crippen LogP contribution in [0, 0.1) is 5.41 Å². The molecule has 0 aromatic rings. The fourth-order valence-corrected chi connectivity index (χ4v) is 2.69. The van der Waals surface area contributed by atoms with E-state index in [2.05, 4.69) is 5.32 Å². The lowest BCUT2D eigenvalue weighted by molar-refractivity contribution is -0.141. The van der Waals surface area contributed by atoms with Crippen molar-refractivity contribution in [3.05, 3.63) is 0 Å². The molecule has 0 aromatic carbocycles. The summed E-state index contributed by atoms with van der Waals surface area (Å²) in [5.41, 5.74) is -0.221. The van der Waals surface area contributed by atoms with E-state index in [1.807, 2.05) is 30.8 Å². The van der Waals surface area contributed by atoms with Crippen molar-refractivity contribution in [1.82, 2.24) is 15.1 Å². The molecule has 0 unspecified atom stereocenters. The zero-order chi connectivity index (χ0) is 15.9. The third kappa shape index (κ3) is 5.91. The van der Waals surface area contributed by atoms with Gasteiger partial charge >= 0.3 is 12.0 Å². The Bertz CT molecular complexity index is 354. The van der Waals surface area contributed by atoms with Crippen molar-refractivity contribution in [3.63, 3.8) is 0 Å². The molecule has 6 nitrogen and oxygen atoms in total. The van der Waals surface area contributed by atoms with Crippen LogP contribution in [-0.4, -0.2) is 67.2 Å². The third-order valence-electron chi connectivity index (χ3n) is 4.15. The molecule has 1 aliphatic carbocycles. The Morgan fingerprint density at radius 2 is 1.86 bits per heavy atom. The number of amides is 2. The molecule has 2 N–H and O–H groups in total. The van der Waals surface area contributed by atoms with Gasteiger partial charge in [0.15, 0.2) is 0 Å². The molecule has 1 fully saturated rings. The molecule has 0 heterocycles. The second-order valence-corrected chi connectivity index (χ2v) is 6.37. The molecule has 0 aromatic heterocycles. The van der Waals surface area contributed by atoms with Crippen LogP contribution in [-0.2, 0) is 4.79 Å². The van der Waals surface area contributed by atoms with Crippen molar-refractivity contribution in [3.8, 4) is 0 Å². The molecule has 122 valence electrons. The normalized spacial score (nSPS) is 16.4. The van der Waals surface area contributed by atoms with E-state index in [4.69, 9.17) is 5.11 Å². The van der Waals surface area contributed by atoms with E-state index in [9.17, 15) is 9.59 Å². The van der Waals surface area contributed by atoms with Crippen molar-refractivity contribution in [2.75, 3.05) is 40.3 Å². The lowest BCUT2D eigenvalue weighted by Crippen LogP contribution is -2.49. The summed E-state index contributed by atoms with van der Waals surface area (Å²) in [6.07, 6.45) is 3.92. The first kappa shape index (κ1) is 17.8. The molecule has 0 aliphatic heterocycles. The summed E-state index contributed by atoms with van der Waals surface area (Å²) in [7, 11) is 3.97. The van der Waals surface area contributed by atoms with Crippen molar-refractivity contribution >= 4 is 12.0 Å². The maximum absolute atomic E-state index is 12.3. The van der Waals surface area contributed by atoms with Crippen LogP contribution in [0.25, 0.3) is 0 Å². The van der Waals surface area contributed by atoms with Gasteiger partial charge in [-0.1, -0.05) is 13.3 Å². The van der Waals surface area contributed by atoms with Crippen LogP contribution in [0.1, 0.15) is 39.0 Å². The number of aliphatic carboxylic acids is 1. The summed E-state index contributed by atoms with van der Waals surface area (Å²) in [4.78, 5) is 27.1. The second kappa shape index (κ2) is 8.22. The van der Waals surface area contributed by atoms with Gasteiger partial charge in [0.2, 0.25) is 0 Å². The number of carbonyl (C=O) groups is 2. The van der Waals surface area contributed by atoms with E-state index in [1.165, 1.54) is 0 Å². The van der Waals surface area contributed by atoms with Crippen molar-refractivity contribution in [2.24, 2.45) is 5.41 Å². The van der Waals surface area contributed by atoms with Gasteiger partial charge in [0.05, 0.1) is 6.42 Å². The maximum atomic E-state index is 12.3. The summed E-state index contributed by atoms with van der Waals surface area (Å²) in [6.45, 7) is 4.77. The van der Waals surface area contributed by atoms with Gasteiger partial charge < -0.3 is 20.2 Å². The molecule has 0 spiro atoms. The molecular weight excluding hydrogens is 270 g/mol. The Morgan fingerprint density at radius 1 is 1.19 bits per heavy atom. The number of rotatable bonds is 9. The van der Waals surface area contributed by atoms with Gasteiger partial charge in [-0.25, -0.2) is 4.79 Å². The van der Waals surface area contributed by atoms with Crippen LogP contribution in [0.3, 0.4) is 0 Å². The van der Waals surface area contributed by atoms with Gasteiger partial charge in [-0.15, -0.1) is 0 Å². The number of nitrogens with one attached hydrogen (secondary N) is 1. The number of likely N-dealkylation sites (N-methyl/N-ethyl adjacent to an activating group) is 1. The highest BCUT2D eigenvalue weighted by atomic mass is 16.4. The summed E-state index contributed by atoms with van der Waals surface area (Å²) in [6, 6.07) is -0.0737. The highest BCUT2D eigenvalue weighted by Crippen LogP contribution is 2.43. The highest BCUT2D eigenvalue weighted by molar-refractivity contribution is 5.74. The minimum absolute atomic E-state index is 0.0737. The number of carbonyl (C=O) groups excluding carboxylic acids is 1. The van der Waals surface area contributed by atoms with Crippen LogP contribution in [0.15, 0.2) is 0 Å². The molecule has 0 radical (unpaired) electrons. The van der Waals surface area contributed by atoms with Crippen LogP contribution >= 0.6 is 0 Å². The van der Waals surface area contributed by atoms with Gasteiger partial charge in [-0.05, 0) is 38.8 Å².